The molecule has 1 saturated heterocycles. The number of hydrogen-bond acceptors (Lipinski definition) is 4. The largest absolute Gasteiger partial charge is 0.492 e. The molecule has 8 heteroatoms. The zero-order valence-corrected chi connectivity index (χ0v) is 18.9. The molecule has 0 saturated carbocycles. The Morgan fingerprint density at radius 2 is 1.80 bits per heavy atom. The molecule has 0 aliphatic carbocycles. The highest BCUT2D eigenvalue weighted by Gasteiger charge is 2.28. The lowest BCUT2D eigenvalue weighted by molar-refractivity contribution is 0.0946. The summed E-state index contributed by atoms with van der Waals surface area (Å²) in [4.78, 5) is 12.5. The molecule has 1 heterocycles. The monoisotopic (exact) mass is 450 g/mol. The van der Waals surface area contributed by atoms with Crippen molar-refractivity contribution >= 4 is 27.5 Å². The van der Waals surface area contributed by atoms with Gasteiger partial charge >= 0.3 is 0 Å². The van der Waals surface area contributed by atoms with Gasteiger partial charge < -0.3 is 10.1 Å². The van der Waals surface area contributed by atoms with Crippen LogP contribution in [0.3, 0.4) is 0 Å². The van der Waals surface area contributed by atoms with Crippen LogP contribution in [0.25, 0.3) is 0 Å². The highest BCUT2D eigenvalue weighted by molar-refractivity contribution is 7.89. The zero-order valence-electron chi connectivity index (χ0n) is 17.3. The van der Waals surface area contributed by atoms with E-state index in [1.165, 1.54) is 28.1 Å². The van der Waals surface area contributed by atoms with Crippen molar-refractivity contribution < 1.29 is 17.9 Å². The highest BCUT2D eigenvalue weighted by atomic mass is 35.5. The van der Waals surface area contributed by atoms with Crippen LogP contribution < -0.4 is 10.1 Å². The lowest BCUT2D eigenvalue weighted by Crippen LogP contribution is -2.36. The van der Waals surface area contributed by atoms with Gasteiger partial charge in [0.2, 0.25) is 10.0 Å². The van der Waals surface area contributed by atoms with Crippen molar-refractivity contribution in [3.05, 3.63) is 58.1 Å². The minimum absolute atomic E-state index is 0.0231. The maximum absolute atomic E-state index is 12.9. The second kappa shape index (κ2) is 9.81. The number of carbonyl (C=O) groups is 1. The van der Waals surface area contributed by atoms with Gasteiger partial charge in [-0.15, -0.1) is 0 Å². The third kappa shape index (κ3) is 5.33. The summed E-state index contributed by atoms with van der Waals surface area (Å²) in [5.41, 5.74) is 2.58. The van der Waals surface area contributed by atoms with E-state index in [9.17, 15) is 13.2 Å². The van der Waals surface area contributed by atoms with E-state index < -0.39 is 10.0 Å². The van der Waals surface area contributed by atoms with E-state index in [0.29, 0.717) is 26.2 Å². The molecule has 0 unspecified atom stereocenters. The quantitative estimate of drug-likeness (QED) is 0.648. The Hall–Kier alpha value is -2.09. The van der Waals surface area contributed by atoms with Crippen LogP contribution in [0.2, 0.25) is 5.02 Å². The molecule has 0 radical (unpaired) electrons. The van der Waals surface area contributed by atoms with Crippen molar-refractivity contribution in [2.24, 2.45) is 0 Å². The van der Waals surface area contributed by atoms with Gasteiger partial charge in [-0.3, -0.25) is 4.79 Å². The van der Waals surface area contributed by atoms with E-state index in [4.69, 9.17) is 16.3 Å². The summed E-state index contributed by atoms with van der Waals surface area (Å²) < 4.78 is 33.0. The Kier molecular flexibility index (Phi) is 7.39. The first kappa shape index (κ1) is 22.6. The van der Waals surface area contributed by atoms with Gasteiger partial charge in [-0.2, -0.15) is 4.31 Å². The van der Waals surface area contributed by atoms with E-state index in [2.05, 4.69) is 5.32 Å². The van der Waals surface area contributed by atoms with Gasteiger partial charge in [0, 0.05) is 18.7 Å². The number of sulfonamides is 1. The maximum atomic E-state index is 12.9. The van der Waals surface area contributed by atoms with Crippen molar-refractivity contribution in [3.8, 4) is 5.75 Å². The van der Waals surface area contributed by atoms with Gasteiger partial charge in [-0.05, 0) is 68.1 Å². The molecule has 30 heavy (non-hydrogen) atoms. The minimum atomic E-state index is -3.72. The lowest BCUT2D eigenvalue weighted by Gasteiger charge is -2.26. The molecule has 0 bridgehead atoms. The van der Waals surface area contributed by atoms with E-state index in [-0.39, 0.29) is 21.4 Å². The van der Waals surface area contributed by atoms with E-state index in [1.807, 2.05) is 32.0 Å². The summed E-state index contributed by atoms with van der Waals surface area (Å²) in [5, 5.41) is 2.88. The predicted molar refractivity (Wildman–Crippen MR) is 118 cm³/mol. The average molecular weight is 451 g/mol. The Labute approximate surface area is 183 Å². The summed E-state index contributed by atoms with van der Waals surface area (Å²) >= 11 is 6.17. The van der Waals surface area contributed by atoms with Gasteiger partial charge in [-0.1, -0.05) is 24.1 Å². The van der Waals surface area contributed by atoms with E-state index in [1.54, 1.807) is 0 Å². The molecular weight excluding hydrogens is 424 g/mol. The van der Waals surface area contributed by atoms with Crippen molar-refractivity contribution in [1.29, 1.82) is 0 Å². The fraction of sp³-hybridized carbons (Fsp3) is 0.409. The van der Waals surface area contributed by atoms with Crippen molar-refractivity contribution in [2.75, 3.05) is 26.2 Å². The number of nitrogens with one attached hydrogen (secondary N) is 1. The van der Waals surface area contributed by atoms with Crippen molar-refractivity contribution in [1.82, 2.24) is 9.62 Å². The van der Waals surface area contributed by atoms with Crippen molar-refractivity contribution in [3.63, 3.8) is 0 Å². The first-order valence-electron chi connectivity index (χ1n) is 10.1. The normalized spacial score (nSPS) is 15.0. The zero-order chi connectivity index (χ0) is 21.7. The Morgan fingerprint density at radius 3 is 2.50 bits per heavy atom. The maximum Gasteiger partial charge on any atom is 0.251 e. The molecule has 1 N–H and O–H groups in total. The Morgan fingerprint density at radius 1 is 1.07 bits per heavy atom. The van der Waals surface area contributed by atoms with Crippen LogP contribution in [0.4, 0.5) is 0 Å². The number of halogens is 1. The molecule has 2 aromatic carbocycles. The van der Waals surface area contributed by atoms with Gasteiger partial charge in [0.05, 0.1) is 11.6 Å². The first-order valence-corrected chi connectivity index (χ1v) is 11.9. The number of piperidine rings is 1. The number of carbonyl (C=O) groups excluding carboxylic acids is 1. The van der Waals surface area contributed by atoms with Crippen LogP contribution in [0.5, 0.6) is 5.75 Å². The number of hydrogen-bond donors (Lipinski definition) is 1. The number of ether oxygens (including phenoxy) is 1. The predicted octanol–water partition coefficient (Wildman–Crippen LogP) is 3.94. The molecule has 1 amide bonds. The lowest BCUT2D eigenvalue weighted by atomic mass is 10.1. The average Bonchev–Trinajstić information content (AvgIpc) is 2.74. The first-order chi connectivity index (χ1) is 14.3. The smallest absolute Gasteiger partial charge is 0.251 e. The van der Waals surface area contributed by atoms with Gasteiger partial charge in [0.1, 0.15) is 17.3 Å². The second-order valence-corrected chi connectivity index (χ2v) is 9.77. The molecule has 0 aromatic heterocycles. The van der Waals surface area contributed by atoms with Gasteiger partial charge in [0.15, 0.2) is 0 Å². The Balaban J connectivity index is 1.62. The molecule has 162 valence electrons. The van der Waals surface area contributed by atoms with Crippen LogP contribution >= 0.6 is 11.6 Å². The third-order valence-electron chi connectivity index (χ3n) is 5.26. The molecule has 1 fully saturated rings. The summed E-state index contributed by atoms with van der Waals surface area (Å²) in [6, 6.07) is 10.2. The van der Waals surface area contributed by atoms with E-state index in [0.717, 1.165) is 30.6 Å². The Bertz CT molecular complexity index is 1020. The fourth-order valence-electron chi connectivity index (χ4n) is 3.33. The number of amides is 1. The van der Waals surface area contributed by atoms with Gasteiger partial charge in [-0.25, -0.2) is 8.42 Å². The second-order valence-electron chi connectivity index (χ2n) is 7.46. The molecule has 0 atom stereocenters. The summed E-state index contributed by atoms with van der Waals surface area (Å²) in [6.45, 7) is 5.60. The van der Waals surface area contributed by atoms with Crippen molar-refractivity contribution in [2.45, 2.75) is 38.0 Å². The van der Waals surface area contributed by atoms with Crippen LogP contribution in [-0.2, 0) is 10.0 Å². The van der Waals surface area contributed by atoms with Crippen LogP contribution in [0.15, 0.2) is 41.3 Å². The summed E-state index contributed by atoms with van der Waals surface area (Å²) in [6.07, 6.45) is 2.68. The van der Waals surface area contributed by atoms with E-state index >= 15 is 0 Å². The molecular formula is C22H27ClN2O4S. The number of aryl methyl sites for hydroxylation is 2. The molecule has 6 nitrogen and oxygen atoms in total. The molecule has 3 rings (SSSR count). The highest BCUT2D eigenvalue weighted by Crippen LogP contribution is 2.28. The number of nitrogens with zero attached hydrogens (tertiary/aromatic N) is 1. The number of benzene rings is 2. The molecule has 1 aliphatic heterocycles. The summed E-state index contributed by atoms with van der Waals surface area (Å²) in [5.74, 6) is 0.374. The summed E-state index contributed by atoms with van der Waals surface area (Å²) in [7, 11) is -3.72. The standard InChI is InChI=1S/C22H27ClN2O4S/c1-16-6-8-19(14-17(16)2)29-13-10-24-22(26)18-7-9-20(23)21(15-18)30(27,28)25-11-4-3-5-12-25/h6-9,14-15H,3-5,10-13H2,1-2H3,(H,24,26). The van der Waals surface area contributed by atoms with Gasteiger partial charge in [0.25, 0.3) is 5.91 Å². The SMILES string of the molecule is Cc1ccc(OCCNC(=O)c2ccc(Cl)c(S(=O)(=O)N3CCCCC3)c2)cc1C. The number of rotatable bonds is 7. The van der Waals surface area contributed by atoms with Crippen LogP contribution in [0.1, 0.15) is 40.7 Å². The fourth-order valence-corrected chi connectivity index (χ4v) is 5.34. The third-order valence-corrected chi connectivity index (χ3v) is 7.64. The molecule has 1 aliphatic rings. The molecule has 0 spiro atoms. The topological polar surface area (TPSA) is 75.7 Å². The minimum Gasteiger partial charge on any atom is -0.492 e. The van der Waals surface area contributed by atoms with Crippen LogP contribution in [0, 0.1) is 13.8 Å². The van der Waals surface area contributed by atoms with Crippen LogP contribution in [-0.4, -0.2) is 44.9 Å². The molecule has 2 aromatic rings.